The number of unbranched alkanes of at least 4 members (excludes halogenated alkanes) is 1. The van der Waals surface area contributed by atoms with Crippen LogP contribution in [0.25, 0.3) is 11.0 Å². The molecule has 1 N–H and O–H groups in total. The summed E-state index contributed by atoms with van der Waals surface area (Å²) in [4.78, 5) is 17.3. The summed E-state index contributed by atoms with van der Waals surface area (Å²) >= 11 is 6.10. The number of ether oxygens (including phenoxy) is 1. The standard InChI is InChI=1S/C28H36ClN3O2/c1-21-20-23(15-16-24(21)29)34-19-8-7-18-32-26-13-6-5-12-25(26)31-27(32)14-9-17-30-28(33)22-10-3-2-4-11-22/h5-6,12-13,15-16,20,22H,2-4,7-11,14,17-19H2,1H3,(H,30,33). The Bertz CT molecular complexity index is 1090. The Balaban J connectivity index is 1.26. The van der Waals surface area contributed by atoms with Gasteiger partial charge < -0.3 is 14.6 Å². The van der Waals surface area contributed by atoms with Crippen molar-refractivity contribution in [3.05, 3.63) is 58.9 Å². The van der Waals surface area contributed by atoms with Gasteiger partial charge in [0, 0.05) is 30.5 Å². The van der Waals surface area contributed by atoms with Crippen LogP contribution in [0.3, 0.4) is 0 Å². The highest BCUT2D eigenvalue weighted by molar-refractivity contribution is 6.31. The topological polar surface area (TPSA) is 56.1 Å². The van der Waals surface area contributed by atoms with Crippen molar-refractivity contribution in [1.29, 1.82) is 0 Å². The third kappa shape index (κ3) is 6.53. The van der Waals surface area contributed by atoms with Gasteiger partial charge in [0.1, 0.15) is 11.6 Å². The van der Waals surface area contributed by atoms with Crippen LogP contribution in [0.2, 0.25) is 5.02 Å². The second-order valence-corrected chi connectivity index (χ2v) is 9.77. The van der Waals surface area contributed by atoms with E-state index < -0.39 is 0 Å². The number of benzene rings is 2. The Morgan fingerprint density at radius 3 is 2.76 bits per heavy atom. The van der Waals surface area contributed by atoms with Crippen molar-refractivity contribution >= 4 is 28.5 Å². The van der Waals surface area contributed by atoms with Crippen molar-refractivity contribution in [3.63, 3.8) is 0 Å². The number of carbonyl (C=O) groups excluding carboxylic acids is 1. The van der Waals surface area contributed by atoms with Crippen molar-refractivity contribution in [1.82, 2.24) is 14.9 Å². The van der Waals surface area contributed by atoms with Crippen molar-refractivity contribution in [2.24, 2.45) is 5.92 Å². The second-order valence-electron chi connectivity index (χ2n) is 9.36. The predicted octanol–water partition coefficient (Wildman–Crippen LogP) is 6.49. The van der Waals surface area contributed by atoms with Gasteiger partial charge in [-0.15, -0.1) is 0 Å². The fourth-order valence-corrected chi connectivity index (χ4v) is 4.92. The number of carbonyl (C=O) groups is 1. The first-order valence-corrected chi connectivity index (χ1v) is 13.1. The van der Waals surface area contributed by atoms with E-state index in [1.54, 1.807) is 0 Å². The number of halogens is 1. The molecule has 1 aliphatic rings. The number of hydrogen-bond donors (Lipinski definition) is 1. The third-order valence-corrected chi connectivity index (χ3v) is 7.18. The Kier molecular flexibility index (Phi) is 8.86. The van der Waals surface area contributed by atoms with E-state index in [1.165, 1.54) is 24.8 Å². The number of fused-ring (bicyclic) bond motifs is 1. The zero-order valence-corrected chi connectivity index (χ0v) is 20.9. The molecule has 5 nitrogen and oxygen atoms in total. The average molecular weight is 482 g/mol. The van der Waals surface area contributed by atoms with Crippen LogP contribution in [0.5, 0.6) is 5.75 Å². The lowest BCUT2D eigenvalue weighted by atomic mass is 9.89. The molecule has 1 heterocycles. The highest BCUT2D eigenvalue weighted by Gasteiger charge is 2.20. The van der Waals surface area contributed by atoms with E-state index in [1.807, 2.05) is 31.2 Å². The Labute approximate surface area is 207 Å². The molecule has 34 heavy (non-hydrogen) atoms. The number of nitrogens with zero attached hydrogens (tertiary/aromatic N) is 2. The monoisotopic (exact) mass is 481 g/mol. The van der Waals surface area contributed by atoms with E-state index in [0.29, 0.717) is 13.2 Å². The summed E-state index contributed by atoms with van der Waals surface area (Å²) in [5, 5.41) is 3.92. The van der Waals surface area contributed by atoms with Crippen LogP contribution in [-0.4, -0.2) is 28.6 Å². The third-order valence-electron chi connectivity index (χ3n) is 6.76. The van der Waals surface area contributed by atoms with E-state index in [4.69, 9.17) is 21.3 Å². The summed E-state index contributed by atoms with van der Waals surface area (Å²) in [5.74, 6) is 2.43. The maximum absolute atomic E-state index is 12.4. The van der Waals surface area contributed by atoms with Crippen LogP contribution in [0, 0.1) is 12.8 Å². The highest BCUT2D eigenvalue weighted by Crippen LogP contribution is 2.24. The Morgan fingerprint density at radius 2 is 1.94 bits per heavy atom. The fraction of sp³-hybridized carbons (Fsp3) is 0.500. The molecule has 0 radical (unpaired) electrons. The van der Waals surface area contributed by atoms with Gasteiger partial charge in [-0.3, -0.25) is 4.79 Å². The number of aryl methyl sites for hydroxylation is 3. The summed E-state index contributed by atoms with van der Waals surface area (Å²) in [6.45, 7) is 4.29. The van der Waals surface area contributed by atoms with Crippen molar-refractivity contribution < 1.29 is 9.53 Å². The summed E-state index contributed by atoms with van der Waals surface area (Å²) in [5.41, 5.74) is 3.25. The molecule has 0 spiro atoms. The molecule has 6 heteroatoms. The SMILES string of the molecule is Cc1cc(OCCCCn2c(CCCNC(=O)C3CCCCC3)nc3ccccc32)ccc1Cl. The van der Waals surface area contributed by atoms with E-state index in [2.05, 4.69) is 28.1 Å². The molecular weight excluding hydrogens is 446 g/mol. The molecule has 0 bridgehead atoms. The van der Waals surface area contributed by atoms with Crippen molar-refractivity contribution in [2.45, 2.75) is 71.3 Å². The predicted molar refractivity (Wildman–Crippen MR) is 139 cm³/mol. The van der Waals surface area contributed by atoms with Crippen LogP contribution in [0.1, 0.15) is 62.8 Å². The number of amides is 1. The van der Waals surface area contributed by atoms with Gasteiger partial charge in [-0.2, -0.15) is 0 Å². The van der Waals surface area contributed by atoms with E-state index in [-0.39, 0.29) is 11.8 Å². The van der Waals surface area contributed by atoms with Gasteiger partial charge in [0.15, 0.2) is 0 Å². The maximum Gasteiger partial charge on any atom is 0.223 e. The van der Waals surface area contributed by atoms with Gasteiger partial charge in [-0.25, -0.2) is 4.98 Å². The van der Waals surface area contributed by atoms with Crippen LogP contribution in [0.4, 0.5) is 0 Å². The largest absolute Gasteiger partial charge is 0.494 e. The molecule has 0 saturated heterocycles. The number of para-hydroxylation sites is 2. The molecule has 1 aliphatic carbocycles. The number of aromatic nitrogens is 2. The summed E-state index contributed by atoms with van der Waals surface area (Å²) in [7, 11) is 0. The molecule has 0 aliphatic heterocycles. The molecule has 1 fully saturated rings. The maximum atomic E-state index is 12.4. The quantitative estimate of drug-likeness (QED) is 0.318. The Hall–Kier alpha value is -2.53. The van der Waals surface area contributed by atoms with E-state index >= 15 is 0 Å². The second kappa shape index (κ2) is 12.3. The van der Waals surface area contributed by atoms with Gasteiger partial charge in [-0.05, 0) is 74.9 Å². The number of rotatable bonds is 11. The van der Waals surface area contributed by atoms with Gasteiger partial charge in [0.2, 0.25) is 5.91 Å². The fourth-order valence-electron chi connectivity index (χ4n) is 4.80. The average Bonchev–Trinajstić information content (AvgIpc) is 3.21. The van der Waals surface area contributed by atoms with Crippen molar-refractivity contribution in [2.75, 3.05) is 13.2 Å². The Morgan fingerprint density at radius 1 is 1.12 bits per heavy atom. The van der Waals surface area contributed by atoms with Gasteiger partial charge in [0.25, 0.3) is 0 Å². The lowest BCUT2D eigenvalue weighted by Gasteiger charge is -2.20. The molecule has 1 aromatic heterocycles. The smallest absolute Gasteiger partial charge is 0.223 e. The lowest BCUT2D eigenvalue weighted by Crippen LogP contribution is -2.32. The van der Waals surface area contributed by atoms with Gasteiger partial charge >= 0.3 is 0 Å². The molecule has 4 rings (SSSR count). The minimum atomic E-state index is 0.220. The number of nitrogens with one attached hydrogen (secondary N) is 1. The molecule has 2 aromatic carbocycles. The summed E-state index contributed by atoms with van der Waals surface area (Å²) in [6, 6.07) is 14.1. The highest BCUT2D eigenvalue weighted by atomic mass is 35.5. The van der Waals surface area contributed by atoms with E-state index in [9.17, 15) is 4.79 Å². The molecule has 0 atom stereocenters. The summed E-state index contributed by atoms with van der Waals surface area (Å²) in [6.07, 6.45) is 9.47. The van der Waals surface area contributed by atoms with Gasteiger partial charge in [-0.1, -0.05) is 43.0 Å². The zero-order valence-electron chi connectivity index (χ0n) is 20.2. The number of imidazole rings is 1. The van der Waals surface area contributed by atoms with Crippen LogP contribution in [0.15, 0.2) is 42.5 Å². The zero-order chi connectivity index (χ0) is 23.8. The molecule has 1 amide bonds. The van der Waals surface area contributed by atoms with Gasteiger partial charge in [0.05, 0.1) is 17.6 Å². The normalized spacial score (nSPS) is 14.4. The minimum absolute atomic E-state index is 0.220. The van der Waals surface area contributed by atoms with E-state index in [0.717, 1.165) is 72.7 Å². The molecule has 0 unspecified atom stereocenters. The number of hydrogen-bond acceptors (Lipinski definition) is 3. The first-order chi connectivity index (χ1) is 16.6. The lowest BCUT2D eigenvalue weighted by molar-refractivity contribution is -0.125. The van der Waals surface area contributed by atoms with Crippen LogP contribution < -0.4 is 10.1 Å². The van der Waals surface area contributed by atoms with Crippen LogP contribution in [-0.2, 0) is 17.8 Å². The van der Waals surface area contributed by atoms with Crippen LogP contribution >= 0.6 is 11.6 Å². The molecule has 182 valence electrons. The molecule has 3 aromatic rings. The summed E-state index contributed by atoms with van der Waals surface area (Å²) < 4.78 is 8.25. The first kappa shape index (κ1) is 24.6. The van der Waals surface area contributed by atoms with Crippen molar-refractivity contribution in [3.8, 4) is 5.75 Å². The minimum Gasteiger partial charge on any atom is -0.494 e. The first-order valence-electron chi connectivity index (χ1n) is 12.7. The molecule has 1 saturated carbocycles. The molecular formula is C28H36ClN3O2.